The first-order chi connectivity index (χ1) is 15.0. The Bertz CT molecular complexity index is 1040. The number of hydrogen-bond acceptors (Lipinski definition) is 2. The minimum absolute atomic E-state index is 0.0466. The van der Waals surface area contributed by atoms with Crippen molar-refractivity contribution in [3.8, 4) is 0 Å². The molecular weight excluding hydrogens is 472 g/mol. The van der Waals surface area contributed by atoms with Crippen LogP contribution in [0.2, 0.25) is 5.02 Å². The average molecular weight is 498 g/mol. The summed E-state index contributed by atoms with van der Waals surface area (Å²) in [4.78, 5) is 0. The predicted molar refractivity (Wildman–Crippen MR) is 128 cm³/mol. The highest BCUT2D eigenvalue weighted by atomic mass is 79.9. The average Bonchev–Trinajstić information content (AvgIpc) is 3.46. The van der Waals surface area contributed by atoms with Gasteiger partial charge in [0.1, 0.15) is 0 Å². The van der Waals surface area contributed by atoms with Crippen LogP contribution in [-0.4, -0.2) is 13.2 Å². The maximum absolute atomic E-state index is 6.71. The summed E-state index contributed by atoms with van der Waals surface area (Å²) in [5.74, 6) is 0.499. The molecule has 0 bridgehead atoms. The van der Waals surface area contributed by atoms with Crippen LogP contribution in [0.3, 0.4) is 0 Å². The molecule has 31 heavy (non-hydrogen) atoms. The van der Waals surface area contributed by atoms with Gasteiger partial charge in [-0.1, -0.05) is 82.1 Å². The Labute approximate surface area is 197 Å². The van der Waals surface area contributed by atoms with Crippen molar-refractivity contribution in [1.82, 2.24) is 0 Å². The van der Waals surface area contributed by atoms with E-state index < -0.39 is 5.60 Å². The van der Waals surface area contributed by atoms with E-state index in [1.807, 2.05) is 18.2 Å². The second-order valence-electron chi connectivity index (χ2n) is 8.83. The van der Waals surface area contributed by atoms with E-state index in [-0.39, 0.29) is 11.5 Å². The lowest BCUT2D eigenvalue weighted by molar-refractivity contribution is -0.108. The summed E-state index contributed by atoms with van der Waals surface area (Å²) in [5.41, 5.74) is 3.21. The third-order valence-electron chi connectivity index (χ3n) is 7.17. The van der Waals surface area contributed by atoms with Gasteiger partial charge in [-0.05, 0) is 66.6 Å². The van der Waals surface area contributed by atoms with E-state index in [0.29, 0.717) is 12.5 Å². The topological polar surface area (TPSA) is 18.5 Å². The summed E-state index contributed by atoms with van der Waals surface area (Å²) >= 11 is 9.76. The summed E-state index contributed by atoms with van der Waals surface area (Å²) in [6.45, 7) is 3.69. The Kier molecular flexibility index (Phi) is 5.72. The number of halogens is 2. The molecule has 1 aliphatic heterocycles. The van der Waals surface area contributed by atoms with Crippen molar-refractivity contribution < 1.29 is 9.47 Å². The van der Waals surface area contributed by atoms with Gasteiger partial charge < -0.3 is 9.47 Å². The molecule has 2 fully saturated rings. The molecule has 4 atom stereocenters. The van der Waals surface area contributed by atoms with Crippen LogP contribution >= 0.6 is 27.5 Å². The van der Waals surface area contributed by atoms with Crippen molar-refractivity contribution in [2.24, 2.45) is 11.3 Å². The second-order valence-corrected chi connectivity index (χ2v) is 10.2. The highest BCUT2D eigenvalue weighted by molar-refractivity contribution is 9.10. The van der Waals surface area contributed by atoms with Gasteiger partial charge in [0.15, 0.2) is 0 Å². The first-order valence-corrected chi connectivity index (χ1v) is 12.0. The zero-order valence-electron chi connectivity index (χ0n) is 17.6. The van der Waals surface area contributed by atoms with Crippen LogP contribution in [0, 0.1) is 11.3 Å². The fourth-order valence-corrected chi connectivity index (χ4v) is 5.74. The lowest BCUT2D eigenvalue weighted by atomic mass is 9.74. The number of benzene rings is 3. The van der Waals surface area contributed by atoms with Crippen LogP contribution < -0.4 is 0 Å². The number of ether oxygens (including phenoxy) is 2. The van der Waals surface area contributed by atoms with Gasteiger partial charge in [-0.2, -0.15) is 0 Å². The lowest BCUT2D eigenvalue weighted by Crippen LogP contribution is -2.38. The van der Waals surface area contributed by atoms with E-state index in [9.17, 15) is 0 Å². The zero-order valence-corrected chi connectivity index (χ0v) is 19.9. The molecule has 4 heteroatoms. The first-order valence-electron chi connectivity index (χ1n) is 10.8. The molecule has 2 aliphatic rings. The molecule has 0 aromatic heterocycles. The number of rotatable bonds is 7. The Hall–Kier alpha value is -1.65. The predicted octanol–water partition coefficient (Wildman–Crippen LogP) is 7.35. The summed E-state index contributed by atoms with van der Waals surface area (Å²) in [7, 11) is 0. The molecule has 0 unspecified atom stereocenters. The van der Waals surface area contributed by atoms with Crippen LogP contribution in [0.1, 0.15) is 36.1 Å². The maximum Gasteiger partial charge on any atom is 0.0991 e. The van der Waals surface area contributed by atoms with Crippen LogP contribution in [0.4, 0.5) is 0 Å². The van der Waals surface area contributed by atoms with Crippen molar-refractivity contribution in [2.75, 3.05) is 13.2 Å². The van der Waals surface area contributed by atoms with E-state index in [1.54, 1.807) is 0 Å². The number of hydrogen-bond donors (Lipinski definition) is 0. The molecule has 0 radical (unpaired) electrons. The molecule has 160 valence electrons. The van der Waals surface area contributed by atoms with Crippen LogP contribution in [0.15, 0.2) is 83.3 Å². The van der Waals surface area contributed by atoms with Gasteiger partial charge in [0.25, 0.3) is 0 Å². The van der Waals surface area contributed by atoms with E-state index in [4.69, 9.17) is 21.1 Å². The van der Waals surface area contributed by atoms with E-state index in [2.05, 4.69) is 83.5 Å². The van der Waals surface area contributed by atoms with Crippen LogP contribution in [0.25, 0.3) is 0 Å². The van der Waals surface area contributed by atoms with Crippen LogP contribution in [-0.2, 0) is 21.5 Å². The maximum atomic E-state index is 6.71. The summed E-state index contributed by atoms with van der Waals surface area (Å²) in [6, 6.07) is 27.2. The monoisotopic (exact) mass is 496 g/mol. The smallest absolute Gasteiger partial charge is 0.0991 e. The van der Waals surface area contributed by atoms with Gasteiger partial charge in [0, 0.05) is 14.9 Å². The van der Waals surface area contributed by atoms with Gasteiger partial charge in [-0.25, -0.2) is 0 Å². The first kappa shape index (κ1) is 21.2. The van der Waals surface area contributed by atoms with Gasteiger partial charge in [-0.3, -0.25) is 0 Å². The summed E-state index contributed by atoms with van der Waals surface area (Å²) in [5, 5.41) is 0.745. The molecule has 2 nitrogen and oxygen atoms in total. The fraction of sp³-hybridized carbons (Fsp3) is 0.333. The third kappa shape index (κ3) is 3.76. The minimum atomic E-state index is -0.393. The molecule has 1 aliphatic carbocycles. The van der Waals surface area contributed by atoms with Gasteiger partial charge >= 0.3 is 0 Å². The Morgan fingerprint density at radius 3 is 2.42 bits per heavy atom. The van der Waals surface area contributed by atoms with Crippen molar-refractivity contribution in [2.45, 2.75) is 31.5 Å². The molecule has 5 rings (SSSR count). The van der Waals surface area contributed by atoms with Gasteiger partial charge in [0.05, 0.1) is 24.9 Å². The molecular formula is C27H26BrClO2. The molecule has 1 saturated heterocycles. The highest BCUT2D eigenvalue weighted by Crippen LogP contribution is 2.75. The summed E-state index contributed by atoms with van der Waals surface area (Å²) in [6.07, 6.45) is 1.95. The Morgan fingerprint density at radius 1 is 1.03 bits per heavy atom. The molecule has 1 heterocycles. The standard InChI is InChI=1S/C27H26BrClO2/c1-26(21-9-11-23(28)12-10-21)27(17-22(27)18-31-26)25(20-7-13-24(29)14-8-20)30-16-15-19-5-3-2-4-6-19/h2-14,22,25H,15-18H2,1H3/t22-,25+,26-,27-/m1/s1. The molecule has 1 saturated carbocycles. The Balaban J connectivity index is 1.48. The van der Waals surface area contributed by atoms with E-state index >= 15 is 0 Å². The van der Waals surface area contributed by atoms with Crippen molar-refractivity contribution in [1.29, 1.82) is 0 Å². The van der Waals surface area contributed by atoms with Crippen molar-refractivity contribution in [3.05, 3.63) is 105 Å². The molecule has 3 aromatic rings. The van der Waals surface area contributed by atoms with Crippen molar-refractivity contribution >= 4 is 27.5 Å². The lowest BCUT2D eigenvalue weighted by Gasteiger charge is -2.40. The number of fused-ring (bicyclic) bond motifs is 1. The summed E-state index contributed by atoms with van der Waals surface area (Å²) < 4.78 is 14.3. The highest BCUT2D eigenvalue weighted by Gasteiger charge is 2.74. The quantitative estimate of drug-likeness (QED) is 0.339. The molecule has 0 spiro atoms. The van der Waals surface area contributed by atoms with Crippen LogP contribution in [0.5, 0.6) is 0 Å². The minimum Gasteiger partial charge on any atom is -0.372 e. The van der Waals surface area contributed by atoms with E-state index in [1.165, 1.54) is 16.7 Å². The normalized spacial score (nSPS) is 27.6. The van der Waals surface area contributed by atoms with E-state index in [0.717, 1.165) is 28.9 Å². The SMILES string of the molecule is C[C@]1(c2ccc(Br)cc2)OC[C@H]2C[C@]21[C@@H](OCCc1ccccc1)c1ccc(Cl)cc1. The third-order valence-corrected chi connectivity index (χ3v) is 7.95. The van der Waals surface area contributed by atoms with Gasteiger partial charge in [-0.15, -0.1) is 0 Å². The molecule has 0 N–H and O–H groups in total. The zero-order chi connectivity index (χ0) is 21.5. The largest absolute Gasteiger partial charge is 0.372 e. The molecule has 3 aromatic carbocycles. The fourth-order valence-electron chi connectivity index (χ4n) is 5.35. The Morgan fingerprint density at radius 2 is 1.74 bits per heavy atom. The van der Waals surface area contributed by atoms with Crippen molar-refractivity contribution in [3.63, 3.8) is 0 Å². The second kappa shape index (κ2) is 8.37. The van der Waals surface area contributed by atoms with Gasteiger partial charge in [0.2, 0.25) is 0 Å². The molecule has 0 amide bonds.